The molecule has 2 N–H and O–H groups in total. The van der Waals surface area contributed by atoms with Crippen molar-refractivity contribution in [3.8, 4) is 5.75 Å². The predicted molar refractivity (Wildman–Crippen MR) is 74.9 cm³/mol. The predicted octanol–water partition coefficient (Wildman–Crippen LogP) is 0.627. The Morgan fingerprint density at radius 2 is 1.81 bits per heavy atom. The molecule has 3 amide bonds. The van der Waals surface area contributed by atoms with Gasteiger partial charge in [-0.2, -0.15) is 0 Å². The molecule has 0 radical (unpaired) electrons. The lowest BCUT2D eigenvalue weighted by molar-refractivity contribution is -0.147. The van der Waals surface area contributed by atoms with E-state index in [1.807, 2.05) is 5.32 Å². The number of carbonyl (C=O) groups excluding carboxylic acids is 3. The number of amides is 3. The molecule has 7 heteroatoms. The Labute approximate surface area is 122 Å². The molecule has 1 rings (SSSR count). The number of imide groups is 1. The molecule has 0 saturated heterocycles. The Hall–Kier alpha value is -2.57. The summed E-state index contributed by atoms with van der Waals surface area (Å²) in [6, 6.07) is 6.30. The molecule has 0 aliphatic rings. The molecule has 0 aromatic heterocycles. The summed E-state index contributed by atoms with van der Waals surface area (Å²) in [5.41, 5.74) is 0.741. The summed E-state index contributed by atoms with van der Waals surface area (Å²) in [4.78, 5) is 33.9. The molecule has 0 saturated carbocycles. The largest absolute Gasteiger partial charge is 0.497 e. The van der Waals surface area contributed by atoms with Crippen LogP contribution in [0.5, 0.6) is 5.75 Å². The van der Waals surface area contributed by atoms with Crippen molar-refractivity contribution in [3.63, 3.8) is 0 Å². The summed E-state index contributed by atoms with van der Waals surface area (Å²) >= 11 is 0. The summed E-state index contributed by atoms with van der Waals surface area (Å²) in [7, 11) is 1.55. The smallest absolute Gasteiger partial charge is 0.321 e. The molecule has 0 bridgehead atoms. The fourth-order valence-electron chi connectivity index (χ4n) is 1.47. The van der Waals surface area contributed by atoms with E-state index in [4.69, 9.17) is 9.47 Å². The van der Waals surface area contributed by atoms with Crippen molar-refractivity contribution in [1.82, 2.24) is 10.6 Å². The van der Waals surface area contributed by atoms with Crippen LogP contribution in [0.4, 0.5) is 4.79 Å². The normalized spacial score (nSPS) is 9.62. The molecule has 0 aliphatic heterocycles. The molecule has 21 heavy (non-hydrogen) atoms. The summed E-state index contributed by atoms with van der Waals surface area (Å²) in [6.45, 7) is 1.63. The summed E-state index contributed by atoms with van der Waals surface area (Å²) in [5, 5.41) is 4.42. The number of rotatable bonds is 6. The fraction of sp³-hybridized carbons (Fsp3) is 0.357. The number of benzene rings is 1. The molecule has 114 valence electrons. The van der Waals surface area contributed by atoms with Gasteiger partial charge in [0.05, 0.1) is 13.5 Å². The average molecular weight is 294 g/mol. The molecule has 0 spiro atoms. The minimum absolute atomic E-state index is 0.0401. The van der Waals surface area contributed by atoms with Crippen LogP contribution >= 0.6 is 0 Å². The highest BCUT2D eigenvalue weighted by atomic mass is 16.5. The average Bonchev–Trinajstić information content (AvgIpc) is 2.46. The van der Waals surface area contributed by atoms with Crippen molar-refractivity contribution in [2.24, 2.45) is 0 Å². The molecular weight excluding hydrogens is 276 g/mol. The van der Waals surface area contributed by atoms with Crippen LogP contribution in [0.1, 0.15) is 12.5 Å². The van der Waals surface area contributed by atoms with Crippen molar-refractivity contribution in [1.29, 1.82) is 0 Å². The van der Waals surface area contributed by atoms with Crippen LogP contribution in [-0.2, 0) is 20.7 Å². The second-order valence-electron chi connectivity index (χ2n) is 4.09. The SMILES string of the molecule is CCNC(=O)NC(=O)COC(=O)Cc1ccc(OC)cc1. The first-order chi connectivity index (χ1) is 10.0. The second-order valence-corrected chi connectivity index (χ2v) is 4.09. The minimum atomic E-state index is -0.677. The molecule has 0 unspecified atom stereocenters. The van der Waals surface area contributed by atoms with Gasteiger partial charge >= 0.3 is 12.0 Å². The van der Waals surface area contributed by atoms with E-state index in [1.54, 1.807) is 38.3 Å². The maximum absolute atomic E-state index is 11.5. The summed E-state index contributed by atoms with van der Waals surface area (Å²) < 4.78 is 9.78. The Morgan fingerprint density at radius 3 is 2.38 bits per heavy atom. The van der Waals surface area contributed by atoms with Crippen LogP contribution in [0.2, 0.25) is 0 Å². The van der Waals surface area contributed by atoms with Crippen molar-refractivity contribution >= 4 is 17.9 Å². The number of ether oxygens (including phenoxy) is 2. The van der Waals surface area contributed by atoms with E-state index in [1.165, 1.54) is 0 Å². The third kappa shape index (κ3) is 6.42. The number of hydrogen-bond acceptors (Lipinski definition) is 5. The molecule has 1 aromatic rings. The highest BCUT2D eigenvalue weighted by Gasteiger charge is 2.10. The standard InChI is InChI=1S/C14H18N2O5/c1-3-15-14(19)16-12(17)9-21-13(18)8-10-4-6-11(20-2)7-5-10/h4-7H,3,8-9H2,1-2H3,(H2,15,16,17,19). The van der Waals surface area contributed by atoms with Gasteiger partial charge in [0.2, 0.25) is 0 Å². The van der Waals surface area contributed by atoms with E-state index >= 15 is 0 Å². The van der Waals surface area contributed by atoms with Crippen LogP contribution in [0.25, 0.3) is 0 Å². The maximum Gasteiger partial charge on any atom is 0.321 e. The maximum atomic E-state index is 11.5. The zero-order valence-electron chi connectivity index (χ0n) is 12.0. The number of nitrogens with one attached hydrogen (secondary N) is 2. The number of hydrogen-bond donors (Lipinski definition) is 2. The number of carbonyl (C=O) groups is 3. The molecule has 7 nitrogen and oxygen atoms in total. The fourth-order valence-corrected chi connectivity index (χ4v) is 1.47. The Morgan fingerprint density at radius 1 is 1.14 bits per heavy atom. The number of urea groups is 1. The van der Waals surface area contributed by atoms with Gasteiger partial charge < -0.3 is 14.8 Å². The first-order valence-corrected chi connectivity index (χ1v) is 6.41. The minimum Gasteiger partial charge on any atom is -0.497 e. The molecule has 0 aliphatic carbocycles. The van der Waals surface area contributed by atoms with Crippen LogP contribution < -0.4 is 15.4 Å². The van der Waals surface area contributed by atoms with Gasteiger partial charge in [0.15, 0.2) is 6.61 Å². The van der Waals surface area contributed by atoms with Gasteiger partial charge in [-0.3, -0.25) is 14.9 Å². The Kier molecular flexibility index (Phi) is 6.73. The quantitative estimate of drug-likeness (QED) is 0.750. The van der Waals surface area contributed by atoms with Crippen LogP contribution in [0.3, 0.4) is 0 Å². The van der Waals surface area contributed by atoms with Crippen molar-refractivity contribution < 1.29 is 23.9 Å². The highest BCUT2D eigenvalue weighted by Crippen LogP contribution is 2.11. The third-order valence-corrected chi connectivity index (χ3v) is 2.46. The summed E-state index contributed by atoms with van der Waals surface area (Å²) in [6.07, 6.45) is 0.0401. The van der Waals surface area contributed by atoms with Gasteiger partial charge in [-0.1, -0.05) is 12.1 Å². The monoisotopic (exact) mass is 294 g/mol. The highest BCUT2D eigenvalue weighted by molar-refractivity contribution is 5.95. The van der Waals surface area contributed by atoms with E-state index in [2.05, 4.69) is 5.32 Å². The van der Waals surface area contributed by atoms with Gasteiger partial charge in [-0.15, -0.1) is 0 Å². The van der Waals surface area contributed by atoms with E-state index in [0.29, 0.717) is 12.3 Å². The molecule has 0 atom stereocenters. The van der Waals surface area contributed by atoms with Crippen molar-refractivity contribution in [2.75, 3.05) is 20.3 Å². The number of methoxy groups -OCH3 is 1. The van der Waals surface area contributed by atoms with E-state index in [9.17, 15) is 14.4 Å². The topological polar surface area (TPSA) is 93.7 Å². The first-order valence-electron chi connectivity index (χ1n) is 6.41. The third-order valence-electron chi connectivity index (χ3n) is 2.46. The Balaban J connectivity index is 2.33. The lowest BCUT2D eigenvalue weighted by atomic mass is 10.1. The van der Waals surface area contributed by atoms with Gasteiger partial charge in [0.25, 0.3) is 5.91 Å². The van der Waals surface area contributed by atoms with Crippen molar-refractivity contribution in [2.45, 2.75) is 13.3 Å². The molecular formula is C14H18N2O5. The van der Waals surface area contributed by atoms with Gasteiger partial charge in [0, 0.05) is 6.54 Å². The zero-order chi connectivity index (χ0) is 15.7. The molecule has 0 heterocycles. The zero-order valence-corrected chi connectivity index (χ0v) is 12.0. The van der Waals surface area contributed by atoms with Gasteiger partial charge in [-0.05, 0) is 24.6 Å². The van der Waals surface area contributed by atoms with Gasteiger partial charge in [0.1, 0.15) is 5.75 Å². The first kappa shape index (κ1) is 16.5. The lowest BCUT2D eigenvalue weighted by Gasteiger charge is -2.06. The second kappa shape index (κ2) is 8.57. The Bertz CT molecular complexity index is 499. The van der Waals surface area contributed by atoms with Crippen LogP contribution in [0, 0.1) is 0 Å². The number of esters is 1. The lowest BCUT2D eigenvalue weighted by Crippen LogP contribution is -2.41. The summed E-state index contributed by atoms with van der Waals surface area (Å²) in [5.74, 6) is -0.538. The molecule has 1 aromatic carbocycles. The van der Waals surface area contributed by atoms with Crippen molar-refractivity contribution in [3.05, 3.63) is 29.8 Å². The van der Waals surface area contributed by atoms with Crippen LogP contribution in [0.15, 0.2) is 24.3 Å². The molecule has 0 fully saturated rings. The van der Waals surface area contributed by atoms with E-state index in [0.717, 1.165) is 5.56 Å². The van der Waals surface area contributed by atoms with E-state index in [-0.39, 0.29) is 6.42 Å². The van der Waals surface area contributed by atoms with Gasteiger partial charge in [-0.25, -0.2) is 4.79 Å². The van der Waals surface area contributed by atoms with E-state index < -0.39 is 24.5 Å². The van der Waals surface area contributed by atoms with Crippen LogP contribution in [-0.4, -0.2) is 38.2 Å².